The SMILES string of the molecule is Cc1cc(-c2nnc(NC(=O)Cn3cnc4ccccc43)o2)c(C)o1. The summed E-state index contributed by atoms with van der Waals surface area (Å²) in [6.07, 6.45) is 1.63. The van der Waals surface area contributed by atoms with Gasteiger partial charge in [-0.1, -0.05) is 17.2 Å². The second kappa shape index (κ2) is 5.90. The van der Waals surface area contributed by atoms with Gasteiger partial charge in [-0.25, -0.2) is 4.98 Å². The van der Waals surface area contributed by atoms with E-state index in [0.717, 1.165) is 16.8 Å². The van der Waals surface area contributed by atoms with Gasteiger partial charge in [-0.05, 0) is 32.0 Å². The first-order valence-electron chi connectivity index (χ1n) is 7.71. The Morgan fingerprint density at radius 3 is 2.84 bits per heavy atom. The van der Waals surface area contributed by atoms with E-state index in [-0.39, 0.29) is 18.5 Å². The maximum Gasteiger partial charge on any atom is 0.322 e. The van der Waals surface area contributed by atoms with E-state index in [1.807, 2.05) is 44.2 Å². The molecule has 126 valence electrons. The summed E-state index contributed by atoms with van der Waals surface area (Å²) < 4.78 is 12.7. The molecule has 0 atom stereocenters. The Hall–Kier alpha value is -3.42. The maximum absolute atomic E-state index is 12.2. The molecule has 3 aromatic heterocycles. The van der Waals surface area contributed by atoms with E-state index in [4.69, 9.17) is 8.83 Å². The summed E-state index contributed by atoms with van der Waals surface area (Å²) in [6, 6.07) is 9.46. The minimum Gasteiger partial charge on any atom is -0.466 e. The van der Waals surface area contributed by atoms with Crippen LogP contribution in [-0.4, -0.2) is 25.7 Å². The molecule has 0 fully saturated rings. The average Bonchev–Trinajstić information content (AvgIpc) is 3.27. The summed E-state index contributed by atoms with van der Waals surface area (Å²) in [4.78, 5) is 16.5. The Kier molecular flexibility index (Phi) is 3.57. The van der Waals surface area contributed by atoms with Crippen LogP contribution in [0.2, 0.25) is 0 Å². The van der Waals surface area contributed by atoms with E-state index in [1.54, 1.807) is 10.9 Å². The number of carbonyl (C=O) groups excluding carboxylic acids is 1. The smallest absolute Gasteiger partial charge is 0.322 e. The number of para-hydroxylation sites is 2. The highest BCUT2D eigenvalue weighted by atomic mass is 16.4. The molecule has 8 nitrogen and oxygen atoms in total. The van der Waals surface area contributed by atoms with Crippen LogP contribution in [0.5, 0.6) is 0 Å². The van der Waals surface area contributed by atoms with E-state index in [2.05, 4.69) is 20.5 Å². The van der Waals surface area contributed by atoms with Gasteiger partial charge in [0.2, 0.25) is 5.91 Å². The molecule has 0 saturated carbocycles. The number of anilines is 1. The van der Waals surface area contributed by atoms with Crippen LogP contribution in [0.15, 0.2) is 45.5 Å². The Morgan fingerprint density at radius 1 is 1.20 bits per heavy atom. The van der Waals surface area contributed by atoms with Crippen molar-refractivity contribution in [3.63, 3.8) is 0 Å². The van der Waals surface area contributed by atoms with Crippen molar-refractivity contribution in [3.8, 4) is 11.5 Å². The van der Waals surface area contributed by atoms with Gasteiger partial charge in [0.25, 0.3) is 5.89 Å². The molecule has 1 amide bonds. The molecule has 4 aromatic rings. The lowest BCUT2D eigenvalue weighted by molar-refractivity contribution is -0.116. The molecule has 0 aliphatic heterocycles. The molecule has 8 heteroatoms. The first kappa shape index (κ1) is 15.1. The lowest BCUT2D eigenvalue weighted by Gasteiger charge is -2.03. The van der Waals surface area contributed by atoms with Crippen LogP contribution in [0.25, 0.3) is 22.5 Å². The molecule has 0 aliphatic carbocycles. The Bertz CT molecular complexity index is 1060. The molecule has 0 aliphatic rings. The first-order valence-corrected chi connectivity index (χ1v) is 7.71. The molecular formula is C17H15N5O3. The van der Waals surface area contributed by atoms with Crippen molar-refractivity contribution in [1.82, 2.24) is 19.7 Å². The number of rotatable bonds is 4. The highest BCUT2D eigenvalue weighted by Gasteiger charge is 2.16. The average molecular weight is 337 g/mol. The molecule has 0 spiro atoms. The molecule has 3 heterocycles. The van der Waals surface area contributed by atoms with Gasteiger partial charge in [-0.3, -0.25) is 10.1 Å². The van der Waals surface area contributed by atoms with Crippen LogP contribution in [0.3, 0.4) is 0 Å². The summed E-state index contributed by atoms with van der Waals surface area (Å²) in [5.74, 6) is 1.46. The fraction of sp³-hybridized carbons (Fsp3) is 0.176. The molecule has 1 N–H and O–H groups in total. The number of nitrogens with zero attached hydrogens (tertiary/aromatic N) is 4. The largest absolute Gasteiger partial charge is 0.466 e. The van der Waals surface area contributed by atoms with E-state index >= 15 is 0 Å². The second-order valence-electron chi connectivity index (χ2n) is 5.65. The number of nitrogens with one attached hydrogen (secondary N) is 1. The summed E-state index contributed by atoms with van der Waals surface area (Å²) in [5, 5.41) is 10.4. The summed E-state index contributed by atoms with van der Waals surface area (Å²) in [6.45, 7) is 3.75. The van der Waals surface area contributed by atoms with Crippen molar-refractivity contribution in [2.45, 2.75) is 20.4 Å². The normalized spacial score (nSPS) is 11.1. The number of fused-ring (bicyclic) bond motifs is 1. The third-order valence-corrected chi connectivity index (χ3v) is 3.78. The number of aromatic nitrogens is 4. The zero-order chi connectivity index (χ0) is 17.4. The zero-order valence-corrected chi connectivity index (χ0v) is 13.7. The van der Waals surface area contributed by atoms with Gasteiger partial charge in [-0.15, -0.1) is 5.10 Å². The Balaban J connectivity index is 1.49. The van der Waals surface area contributed by atoms with Crippen molar-refractivity contribution in [1.29, 1.82) is 0 Å². The van der Waals surface area contributed by atoms with Gasteiger partial charge < -0.3 is 13.4 Å². The first-order chi connectivity index (χ1) is 12.1. The number of imidazole rings is 1. The van der Waals surface area contributed by atoms with Gasteiger partial charge >= 0.3 is 6.01 Å². The highest BCUT2D eigenvalue weighted by Crippen LogP contribution is 2.26. The number of carbonyl (C=O) groups is 1. The highest BCUT2D eigenvalue weighted by molar-refractivity contribution is 5.89. The molecule has 0 radical (unpaired) electrons. The van der Waals surface area contributed by atoms with Gasteiger partial charge in [0.1, 0.15) is 18.1 Å². The molecular weight excluding hydrogens is 322 g/mol. The molecule has 0 saturated heterocycles. The third-order valence-electron chi connectivity index (χ3n) is 3.78. The number of benzene rings is 1. The molecule has 0 unspecified atom stereocenters. The van der Waals surface area contributed by atoms with Crippen LogP contribution in [0.1, 0.15) is 11.5 Å². The van der Waals surface area contributed by atoms with Gasteiger partial charge in [0.15, 0.2) is 0 Å². The van der Waals surface area contributed by atoms with E-state index < -0.39 is 0 Å². The number of aryl methyl sites for hydroxylation is 2. The third kappa shape index (κ3) is 2.89. The topological polar surface area (TPSA) is 99.0 Å². The quantitative estimate of drug-likeness (QED) is 0.615. The van der Waals surface area contributed by atoms with Crippen molar-refractivity contribution >= 4 is 23.0 Å². The predicted octanol–water partition coefficient (Wildman–Crippen LogP) is 2.93. The molecule has 25 heavy (non-hydrogen) atoms. The lowest BCUT2D eigenvalue weighted by atomic mass is 10.2. The minimum absolute atomic E-state index is 0.0441. The summed E-state index contributed by atoms with van der Waals surface area (Å²) >= 11 is 0. The van der Waals surface area contributed by atoms with Crippen LogP contribution in [-0.2, 0) is 11.3 Å². The number of amides is 1. The summed E-state index contributed by atoms with van der Waals surface area (Å²) in [7, 11) is 0. The Morgan fingerprint density at radius 2 is 2.04 bits per heavy atom. The van der Waals surface area contributed by atoms with E-state index in [1.165, 1.54) is 0 Å². The fourth-order valence-corrected chi connectivity index (χ4v) is 2.68. The standard InChI is InChI=1S/C17H15N5O3/c1-10-7-12(11(2)24-10)16-20-21-17(25-16)19-15(23)8-22-9-18-13-5-3-4-6-14(13)22/h3-7,9H,8H2,1-2H3,(H,19,21,23). The maximum atomic E-state index is 12.2. The van der Waals surface area contributed by atoms with E-state index in [9.17, 15) is 4.79 Å². The second-order valence-corrected chi connectivity index (χ2v) is 5.65. The van der Waals surface area contributed by atoms with Crippen LogP contribution < -0.4 is 5.32 Å². The monoisotopic (exact) mass is 337 g/mol. The zero-order valence-electron chi connectivity index (χ0n) is 13.7. The van der Waals surface area contributed by atoms with Crippen molar-refractivity contribution < 1.29 is 13.6 Å². The van der Waals surface area contributed by atoms with Gasteiger partial charge in [0.05, 0.1) is 22.9 Å². The number of hydrogen-bond acceptors (Lipinski definition) is 6. The Labute approximate surface area is 142 Å². The fourth-order valence-electron chi connectivity index (χ4n) is 2.68. The lowest BCUT2D eigenvalue weighted by Crippen LogP contribution is -2.18. The predicted molar refractivity (Wildman–Crippen MR) is 89.8 cm³/mol. The molecule has 4 rings (SSSR count). The minimum atomic E-state index is -0.279. The number of hydrogen-bond donors (Lipinski definition) is 1. The van der Waals surface area contributed by atoms with Crippen molar-refractivity contribution in [2.24, 2.45) is 0 Å². The van der Waals surface area contributed by atoms with Gasteiger partial charge in [0, 0.05) is 0 Å². The molecule has 0 bridgehead atoms. The number of furan rings is 1. The molecule has 1 aromatic carbocycles. The van der Waals surface area contributed by atoms with Crippen molar-refractivity contribution in [2.75, 3.05) is 5.32 Å². The van der Waals surface area contributed by atoms with Crippen molar-refractivity contribution in [3.05, 3.63) is 48.2 Å². The van der Waals surface area contributed by atoms with Crippen LogP contribution >= 0.6 is 0 Å². The summed E-state index contributed by atoms with van der Waals surface area (Å²) in [5.41, 5.74) is 2.43. The van der Waals surface area contributed by atoms with E-state index in [0.29, 0.717) is 17.2 Å². The van der Waals surface area contributed by atoms with Crippen LogP contribution in [0.4, 0.5) is 6.01 Å². The van der Waals surface area contributed by atoms with Crippen LogP contribution in [0, 0.1) is 13.8 Å². The van der Waals surface area contributed by atoms with Gasteiger partial charge in [-0.2, -0.15) is 0 Å².